The number of piperidine rings is 1. The minimum absolute atomic E-state index is 0.283. The van der Waals surface area contributed by atoms with Crippen LogP contribution >= 0.6 is 0 Å². The predicted octanol–water partition coefficient (Wildman–Crippen LogP) is 4.40. The molecular weight excluding hydrogens is 512 g/mol. The second kappa shape index (κ2) is 10.9. The molecule has 0 radical (unpaired) electrons. The number of nitrogens with zero attached hydrogens (tertiary/aromatic N) is 7. The molecule has 9 nitrogen and oxygen atoms in total. The van der Waals surface area contributed by atoms with Gasteiger partial charge >= 0.3 is 0 Å². The SMILES string of the molecule is O=C1N=CC=C2N=C(c3ccc(CN4CCC(c5nc(-c6ccccn6)n[nH]5)CC4)cc3)C(c3ccccc3)=NC12. The number of hydrogen-bond acceptors (Lipinski definition) is 7. The van der Waals surface area contributed by atoms with Gasteiger partial charge in [-0.3, -0.25) is 24.8 Å². The van der Waals surface area contributed by atoms with Gasteiger partial charge in [-0.25, -0.2) is 15.0 Å². The van der Waals surface area contributed by atoms with Crippen LogP contribution in [0.4, 0.5) is 0 Å². The number of allylic oxidation sites excluding steroid dienone is 1. The van der Waals surface area contributed by atoms with Crippen LogP contribution in [0.2, 0.25) is 0 Å². The van der Waals surface area contributed by atoms with E-state index in [2.05, 4.69) is 49.3 Å². The van der Waals surface area contributed by atoms with Gasteiger partial charge in [-0.05, 0) is 49.7 Å². The van der Waals surface area contributed by atoms with E-state index in [4.69, 9.17) is 15.0 Å². The summed E-state index contributed by atoms with van der Waals surface area (Å²) in [5, 5.41) is 7.53. The molecule has 0 bridgehead atoms. The molecule has 1 unspecified atom stereocenters. The minimum atomic E-state index is -0.681. The van der Waals surface area contributed by atoms with Gasteiger partial charge in [-0.1, -0.05) is 60.7 Å². The summed E-state index contributed by atoms with van der Waals surface area (Å²) in [6, 6.07) is 23.5. The zero-order chi connectivity index (χ0) is 27.6. The number of benzene rings is 2. The Labute approximate surface area is 237 Å². The van der Waals surface area contributed by atoms with Crippen molar-refractivity contribution in [3.8, 4) is 11.5 Å². The number of pyridine rings is 1. The lowest BCUT2D eigenvalue weighted by Crippen LogP contribution is -2.33. The second-order valence-corrected chi connectivity index (χ2v) is 10.4. The monoisotopic (exact) mass is 540 g/mol. The van der Waals surface area contributed by atoms with E-state index in [0.29, 0.717) is 23.2 Å². The normalized spacial score (nSPS) is 19.4. The van der Waals surface area contributed by atoms with E-state index < -0.39 is 6.04 Å². The van der Waals surface area contributed by atoms with Crippen LogP contribution < -0.4 is 0 Å². The molecule has 0 aliphatic carbocycles. The van der Waals surface area contributed by atoms with E-state index >= 15 is 0 Å². The molecule has 41 heavy (non-hydrogen) atoms. The number of aromatic nitrogens is 4. The number of aliphatic imine (C=N–C) groups is 3. The highest BCUT2D eigenvalue weighted by Gasteiger charge is 2.31. The highest BCUT2D eigenvalue weighted by Crippen LogP contribution is 2.28. The molecule has 2 aromatic carbocycles. The van der Waals surface area contributed by atoms with Crippen molar-refractivity contribution in [1.29, 1.82) is 0 Å². The first-order valence-electron chi connectivity index (χ1n) is 13.9. The van der Waals surface area contributed by atoms with Gasteiger partial charge in [0.25, 0.3) is 5.91 Å². The Kier molecular flexibility index (Phi) is 6.70. The second-order valence-electron chi connectivity index (χ2n) is 10.4. The summed E-state index contributed by atoms with van der Waals surface area (Å²) in [6.45, 7) is 2.87. The number of H-pyrrole nitrogens is 1. The molecule has 1 saturated heterocycles. The number of rotatable bonds is 6. The number of dihydropyridines is 1. The van der Waals surface area contributed by atoms with Gasteiger partial charge in [0.2, 0.25) is 0 Å². The van der Waals surface area contributed by atoms with Gasteiger partial charge < -0.3 is 0 Å². The van der Waals surface area contributed by atoms with E-state index in [1.807, 2.05) is 48.5 Å². The third kappa shape index (κ3) is 5.19. The van der Waals surface area contributed by atoms with Crippen molar-refractivity contribution in [3.63, 3.8) is 0 Å². The number of nitrogens with one attached hydrogen (secondary N) is 1. The molecule has 1 atom stereocenters. The summed E-state index contributed by atoms with van der Waals surface area (Å²) >= 11 is 0. The van der Waals surface area contributed by atoms with Gasteiger partial charge in [-0.2, -0.15) is 5.10 Å². The minimum Gasteiger partial charge on any atom is -0.299 e. The Morgan fingerprint density at radius 3 is 2.44 bits per heavy atom. The standard InChI is InChI=1S/C32H28N8O/c41-32-29-25(13-17-34-32)35-27(28(36-29)22-6-2-1-3-7-22)23-11-9-21(10-12-23)20-40-18-14-24(15-19-40)30-37-31(39-38-30)26-8-4-5-16-33-26/h1-13,16-17,24,29H,14-15,18-20H2,(H,37,38,39). The molecule has 1 amide bonds. The highest BCUT2D eigenvalue weighted by molar-refractivity contribution is 6.54. The fourth-order valence-corrected chi connectivity index (χ4v) is 5.53. The molecule has 4 aromatic rings. The van der Waals surface area contributed by atoms with Gasteiger partial charge in [0.05, 0.1) is 17.1 Å². The van der Waals surface area contributed by atoms with Crippen molar-refractivity contribution in [3.05, 3.63) is 113 Å². The van der Waals surface area contributed by atoms with Crippen LogP contribution in [0.3, 0.4) is 0 Å². The first-order chi connectivity index (χ1) is 20.2. The molecule has 5 heterocycles. The Morgan fingerprint density at radius 2 is 1.66 bits per heavy atom. The van der Waals surface area contributed by atoms with Gasteiger partial charge in [0.15, 0.2) is 11.9 Å². The summed E-state index contributed by atoms with van der Waals surface area (Å²) in [5.41, 5.74) is 6.05. The van der Waals surface area contributed by atoms with Crippen LogP contribution in [0.25, 0.3) is 11.5 Å². The van der Waals surface area contributed by atoms with Crippen LogP contribution in [-0.2, 0) is 11.3 Å². The quantitative estimate of drug-likeness (QED) is 0.390. The van der Waals surface area contributed by atoms with E-state index in [0.717, 1.165) is 60.8 Å². The molecule has 3 aliphatic rings. The maximum Gasteiger partial charge on any atom is 0.276 e. The van der Waals surface area contributed by atoms with Gasteiger partial charge in [0.1, 0.15) is 11.5 Å². The van der Waals surface area contributed by atoms with Gasteiger partial charge in [-0.15, -0.1) is 0 Å². The lowest BCUT2D eigenvalue weighted by atomic mass is 9.94. The van der Waals surface area contributed by atoms with Crippen molar-refractivity contribution < 1.29 is 4.79 Å². The van der Waals surface area contributed by atoms with Crippen molar-refractivity contribution in [1.82, 2.24) is 25.1 Å². The Morgan fingerprint density at radius 1 is 0.878 bits per heavy atom. The van der Waals surface area contributed by atoms with Crippen molar-refractivity contribution in [2.24, 2.45) is 15.0 Å². The Balaban J connectivity index is 1.03. The molecule has 0 saturated carbocycles. The van der Waals surface area contributed by atoms with Crippen molar-refractivity contribution >= 4 is 23.5 Å². The largest absolute Gasteiger partial charge is 0.299 e. The van der Waals surface area contributed by atoms with Crippen LogP contribution in [0.5, 0.6) is 0 Å². The lowest BCUT2D eigenvalue weighted by Gasteiger charge is -2.31. The van der Waals surface area contributed by atoms with E-state index in [1.54, 1.807) is 12.3 Å². The van der Waals surface area contributed by atoms with Crippen molar-refractivity contribution in [2.75, 3.05) is 13.1 Å². The van der Waals surface area contributed by atoms with E-state index in [1.165, 1.54) is 11.8 Å². The van der Waals surface area contributed by atoms with Gasteiger partial charge in [0, 0.05) is 36.0 Å². The first-order valence-corrected chi connectivity index (χ1v) is 13.9. The summed E-state index contributed by atoms with van der Waals surface area (Å²) < 4.78 is 0. The molecule has 7 rings (SSSR count). The number of fused-ring (bicyclic) bond motifs is 1. The zero-order valence-electron chi connectivity index (χ0n) is 22.4. The molecule has 2 aromatic heterocycles. The predicted molar refractivity (Wildman–Crippen MR) is 158 cm³/mol. The molecular formula is C32H28N8O. The highest BCUT2D eigenvalue weighted by atomic mass is 16.1. The fourth-order valence-electron chi connectivity index (χ4n) is 5.53. The van der Waals surface area contributed by atoms with E-state index in [-0.39, 0.29) is 5.91 Å². The fraction of sp³-hybridized carbons (Fsp3) is 0.219. The summed E-state index contributed by atoms with van der Waals surface area (Å²) in [4.78, 5) is 37.6. The number of aromatic amines is 1. The molecule has 3 aliphatic heterocycles. The Bertz CT molecular complexity index is 1680. The van der Waals surface area contributed by atoms with Crippen molar-refractivity contribution in [2.45, 2.75) is 31.3 Å². The third-order valence-electron chi connectivity index (χ3n) is 7.74. The summed E-state index contributed by atoms with van der Waals surface area (Å²) in [7, 11) is 0. The number of carbonyl (C=O) groups is 1. The molecule has 0 spiro atoms. The maximum absolute atomic E-state index is 12.4. The molecule has 202 valence electrons. The number of hydrogen-bond donors (Lipinski definition) is 1. The topological polar surface area (TPSA) is 112 Å². The first kappa shape index (κ1) is 25.1. The number of likely N-dealkylation sites (tertiary alicyclic amines) is 1. The van der Waals surface area contributed by atoms with E-state index in [9.17, 15) is 4.79 Å². The average molecular weight is 541 g/mol. The number of amides is 1. The Hall–Kier alpha value is -4.89. The zero-order valence-corrected chi connectivity index (χ0v) is 22.4. The average Bonchev–Trinajstić information content (AvgIpc) is 3.53. The number of carbonyl (C=O) groups excluding carboxylic acids is 1. The third-order valence-corrected chi connectivity index (χ3v) is 7.74. The van der Waals surface area contributed by atoms with Crippen LogP contribution in [0.1, 0.15) is 41.3 Å². The summed E-state index contributed by atoms with van der Waals surface area (Å²) in [5.74, 6) is 1.69. The maximum atomic E-state index is 12.4. The summed E-state index contributed by atoms with van der Waals surface area (Å²) in [6.07, 6.45) is 7.09. The molecule has 1 fully saturated rings. The lowest BCUT2D eigenvalue weighted by molar-refractivity contribution is -0.118. The van der Waals surface area contributed by atoms with Crippen LogP contribution in [0.15, 0.2) is 106 Å². The van der Waals surface area contributed by atoms with Crippen LogP contribution in [0, 0.1) is 0 Å². The van der Waals surface area contributed by atoms with Crippen LogP contribution in [-0.4, -0.2) is 67.7 Å². The molecule has 1 N–H and O–H groups in total. The molecule has 9 heteroatoms. The smallest absolute Gasteiger partial charge is 0.276 e.